The molecular weight excluding hydrogens is 518 g/mol. The average Bonchev–Trinajstić information content (AvgIpc) is 3.70. The van der Waals surface area contributed by atoms with Gasteiger partial charge < -0.3 is 25.8 Å². The Morgan fingerprint density at radius 2 is 1.80 bits per heavy atom. The van der Waals surface area contributed by atoms with Crippen molar-refractivity contribution in [3.8, 4) is 0 Å². The van der Waals surface area contributed by atoms with Crippen molar-refractivity contribution in [1.29, 1.82) is 0 Å². The second-order valence-corrected chi connectivity index (χ2v) is 10.9. The summed E-state index contributed by atoms with van der Waals surface area (Å²) in [5.74, 6) is 0.177. The summed E-state index contributed by atoms with van der Waals surface area (Å²) in [6.07, 6.45) is 2.35. The van der Waals surface area contributed by atoms with E-state index in [-0.39, 0.29) is 42.0 Å². The minimum atomic E-state index is -0.746. The number of fused-ring (bicyclic) bond motifs is 1. The number of aliphatic hydroxyl groups excluding tert-OH is 1. The maximum atomic E-state index is 13.4. The van der Waals surface area contributed by atoms with Crippen LogP contribution in [0.2, 0.25) is 0 Å². The lowest BCUT2D eigenvalue weighted by Gasteiger charge is -2.20. The molecule has 3 aromatic carbocycles. The number of rotatable bonds is 9. The largest absolute Gasteiger partial charge is 0.451 e. The number of cyclic esters (lactones) is 1. The van der Waals surface area contributed by atoms with Gasteiger partial charge in [0.05, 0.1) is 18.2 Å². The van der Waals surface area contributed by atoms with E-state index in [1.54, 1.807) is 12.1 Å². The van der Waals surface area contributed by atoms with Gasteiger partial charge in [0.1, 0.15) is 17.0 Å². The van der Waals surface area contributed by atoms with Crippen LogP contribution in [0.15, 0.2) is 85.1 Å². The number of hydrogen-bond donors (Lipinski definition) is 4. The van der Waals surface area contributed by atoms with Gasteiger partial charge in [-0.05, 0) is 49.6 Å². The van der Waals surface area contributed by atoms with Crippen LogP contribution in [0, 0.1) is 0 Å². The summed E-state index contributed by atoms with van der Waals surface area (Å²) in [4.78, 5) is 34.7. The van der Waals surface area contributed by atoms with Crippen molar-refractivity contribution < 1.29 is 19.4 Å². The fourth-order valence-electron chi connectivity index (χ4n) is 5.24. The van der Waals surface area contributed by atoms with Gasteiger partial charge in [-0.2, -0.15) is 4.98 Å². The van der Waals surface area contributed by atoms with Crippen LogP contribution in [0.1, 0.15) is 69.6 Å². The number of aromatic nitrogens is 2. The van der Waals surface area contributed by atoms with Gasteiger partial charge in [-0.3, -0.25) is 4.79 Å². The second kappa shape index (κ2) is 10.7. The third-order valence-corrected chi connectivity index (χ3v) is 7.56. The number of nitrogens with one attached hydrogen (secondary N) is 3. The first-order valence-electron chi connectivity index (χ1n) is 13.6. The molecule has 41 heavy (non-hydrogen) atoms. The lowest BCUT2D eigenvalue weighted by Crippen LogP contribution is -2.29. The number of carbonyl (C=O) groups excluding carboxylic acids is 2. The molecule has 6 rings (SSSR count). The molecule has 9 nitrogen and oxygen atoms in total. The number of carbonyl (C=O) groups is 2. The highest BCUT2D eigenvalue weighted by Gasteiger charge is 2.40. The van der Waals surface area contributed by atoms with Crippen molar-refractivity contribution in [3.63, 3.8) is 0 Å². The molecule has 0 radical (unpaired) electrons. The minimum Gasteiger partial charge on any atom is -0.451 e. The fourth-order valence-corrected chi connectivity index (χ4v) is 5.24. The molecule has 0 spiro atoms. The zero-order valence-electron chi connectivity index (χ0n) is 22.8. The quantitative estimate of drug-likeness (QED) is 0.214. The maximum absolute atomic E-state index is 13.4. The third-order valence-electron chi connectivity index (χ3n) is 7.56. The van der Waals surface area contributed by atoms with Crippen molar-refractivity contribution in [2.75, 3.05) is 17.2 Å². The van der Waals surface area contributed by atoms with Gasteiger partial charge in [0.15, 0.2) is 0 Å². The third kappa shape index (κ3) is 5.49. The van der Waals surface area contributed by atoms with Gasteiger partial charge in [-0.1, -0.05) is 60.7 Å². The Morgan fingerprint density at radius 1 is 1.07 bits per heavy atom. The van der Waals surface area contributed by atoms with Gasteiger partial charge in [0, 0.05) is 29.4 Å². The van der Waals surface area contributed by atoms with Crippen LogP contribution in [-0.4, -0.2) is 39.6 Å². The molecule has 1 aromatic heterocycles. The molecule has 1 fully saturated rings. The van der Waals surface area contributed by atoms with E-state index in [0.717, 1.165) is 17.5 Å². The number of hydrogen-bond acceptors (Lipinski definition) is 8. The van der Waals surface area contributed by atoms with Gasteiger partial charge in [0.25, 0.3) is 5.91 Å². The predicted molar refractivity (Wildman–Crippen MR) is 155 cm³/mol. The zero-order chi connectivity index (χ0) is 28.6. The van der Waals surface area contributed by atoms with Crippen molar-refractivity contribution in [1.82, 2.24) is 15.3 Å². The van der Waals surface area contributed by atoms with Crippen molar-refractivity contribution in [2.24, 2.45) is 0 Å². The molecule has 2 aliphatic rings. The molecule has 0 saturated heterocycles. The molecule has 2 heterocycles. The van der Waals surface area contributed by atoms with E-state index in [9.17, 15) is 14.7 Å². The molecule has 0 unspecified atom stereocenters. The average molecular weight is 550 g/mol. The van der Waals surface area contributed by atoms with Crippen molar-refractivity contribution >= 4 is 29.3 Å². The molecule has 0 bridgehead atoms. The Hall–Kier alpha value is -4.76. The summed E-state index contributed by atoms with van der Waals surface area (Å²) < 4.78 is 5.48. The highest BCUT2D eigenvalue weighted by atomic mass is 16.6. The first-order valence-corrected chi connectivity index (χ1v) is 13.6. The lowest BCUT2D eigenvalue weighted by atomic mass is 9.95. The smallest absolute Gasteiger partial charge is 0.339 e. The number of aliphatic hydroxyl groups is 1. The Kier molecular flexibility index (Phi) is 6.88. The molecule has 1 amide bonds. The van der Waals surface area contributed by atoms with E-state index in [2.05, 4.69) is 38.1 Å². The Bertz CT molecular complexity index is 1590. The number of anilines is 3. The first-order chi connectivity index (χ1) is 19.8. The van der Waals surface area contributed by atoms with E-state index in [1.165, 1.54) is 11.8 Å². The van der Waals surface area contributed by atoms with Crippen LogP contribution in [0.4, 0.5) is 17.5 Å². The second-order valence-electron chi connectivity index (χ2n) is 10.9. The van der Waals surface area contributed by atoms with Crippen LogP contribution in [0.3, 0.4) is 0 Å². The van der Waals surface area contributed by atoms with Gasteiger partial charge in [-0.25, -0.2) is 9.78 Å². The predicted octanol–water partition coefficient (Wildman–Crippen LogP) is 5.06. The molecule has 1 aliphatic carbocycles. The highest BCUT2D eigenvalue weighted by Crippen LogP contribution is 2.41. The zero-order valence-corrected chi connectivity index (χ0v) is 22.8. The topological polar surface area (TPSA) is 125 Å². The van der Waals surface area contributed by atoms with E-state index >= 15 is 0 Å². The summed E-state index contributed by atoms with van der Waals surface area (Å²) in [5.41, 5.74) is 3.54. The number of benzene rings is 3. The normalized spacial score (nSPS) is 19.0. The monoisotopic (exact) mass is 549 g/mol. The SMILES string of the molecule is CC1(C)OC(=O)c2ccc(Nc3ncc(C(=O)N[C@H]4C[C@@H]4c4ccccc4)c(N[C@H](CO)c4ccccc4)n3)cc21. The lowest BCUT2D eigenvalue weighted by molar-refractivity contribution is 0.00953. The van der Waals surface area contributed by atoms with E-state index in [4.69, 9.17) is 4.74 Å². The number of ether oxygens (including phenoxy) is 1. The molecule has 4 N–H and O–H groups in total. The Labute approximate surface area is 238 Å². The number of amides is 1. The van der Waals surface area contributed by atoms with Gasteiger partial charge in [-0.15, -0.1) is 0 Å². The molecule has 208 valence electrons. The van der Waals surface area contributed by atoms with Gasteiger partial charge in [0.2, 0.25) is 5.95 Å². The van der Waals surface area contributed by atoms with Crippen LogP contribution < -0.4 is 16.0 Å². The van der Waals surface area contributed by atoms with Crippen LogP contribution in [0.25, 0.3) is 0 Å². The highest BCUT2D eigenvalue weighted by molar-refractivity contribution is 5.99. The molecule has 4 aromatic rings. The summed E-state index contributed by atoms with van der Waals surface area (Å²) in [6, 6.07) is 24.5. The van der Waals surface area contributed by atoms with Crippen LogP contribution >= 0.6 is 0 Å². The molecule has 3 atom stereocenters. The van der Waals surface area contributed by atoms with Crippen molar-refractivity contribution in [3.05, 3.63) is 113 Å². The van der Waals surface area contributed by atoms with Crippen LogP contribution in [-0.2, 0) is 10.3 Å². The Morgan fingerprint density at radius 3 is 2.54 bits per heavy atom. The van der Waals surface area contributed by atoms with Crippen LogP contribution in [0.5, 0.6) is 0 Å². The standard InChI is InChI=1S/C32H31N5O4/c1-32(2)25-15-21(13-14-22(25)30(40)41-32)34-31-33-17-24(28(37-31)35-27(18-38)20-11-7-4-8-12-20)29(39)36-26-16-23(26)19-9-5-3-6-10-19/h3-15,17,23,26-27,38H,16,18H2,1-2H3,(H,36,39)(H2,33,34,35,37)/t23-,26+,27-/m1/s1. The van der Waals surface area contributed by atoms with Crippen molar-refractivity contribution in [2.45, 2.75) is 43.9 Å². The van der Waals surface area contributed by atoms with E-state index in [0.29, 0.717) is 17.1 Å². The molecule has 1 saturated carbocycles. The summed E-state index contributed by atoms with van der Waals surface area (Å²) in [7, 11) is 0. The summed E-state index contributed by atoms with van der Waals surface area (Å²) in [5, 5.41) is 19.7. The van der Waals surface area contributed by atoms with E-state index in [1.807, 2.05) is 68.4 Å². The van der Waals surface area contributed by atoms with E-state index < -0.39 is 11.6 Å². The number of nitrogens with zero attached hydrogens (tertiary/aromatic N) is 2. The Balaban J connectivity index is 1.27. The molecular formula is C32H31N5O4. The summed E-state index contributed by atoms with van der Waals surface area (Å²) in [6.45, 7) is 3.48. The summed E-state index contributed by atoms with van der Waals surface area (Å²) >= 11 is 0. The maximum Gasteiger partial charge on any atom is 0.339 e. The first kappa shape index (κ1) is 26.5. The van der Waals surface area contributed by atoms with Gasteiger partial charge >= 0.3 is 5.97 Å². The molecule has 1 aliphatic heterocycles. The number of esters is 1. The minimum absolute atomic E-state index is 0.0259. The fraction of sp³-hybridized carbons (Fsp3) is 0.250. The molecule has 9 heteroatoms.